The molecule has 4 heteroatoms. The van der Waals surface area contributed by atoms with Crippen LogP contribution in [0.25, 0.3) is 0 Å². The van der Waals surface area contributed by atoms with Gasteiger partial charge >= 0.3 is 11.9 Å². The monoisotopic (exact) mass is 314 g/mol. The molecule has 0 saturated carbocycles. The fourth-order valence-corrected chi connectivity index (χ4v) is 2.47. The highest BCUT2D eigenvalue weighted by Gasteiger charge is 2.14. The lowest BCUT2D eigenvalue weighted by Gasteiger charge is -2.18. The van der Waals surface area contributed by atoms with Crippen LogP contribution in [-0.4, -0.2) is 23.1 Å². The topological polar surface area (TPSA) is 63.6 Å². The fourth-order valence-electron chi connectivity index (χ4n) is 2.47. The first-order valence-corrected chi connectivity index (χ1v) is 9.01. The van der Waals surface area contributed by atoms with Crippen molar-refractivity contribution in [3.05, 3.63) is 0 Å². The molecule has 0 aliphatic rings. The number of unbranched alkanes of at least 4 members (excludes halogenated alkanes) is 6. The van der Waals surface area contributed by atoms with Crippen LogP contribution in [0.15, 0.2) is 0 Å². The van der Waals surface area contributed by atoms with Gasteiger partial charge in [0.2, 0.25) is 0 Å². The summed E-state index contributed by atoms with van der Waals surface area (Å²) < 4.78 is 5.60. The van der Waals surface area contributed by atoms with Crippen LogP contribution in [0.3, 0.4) is 0 Å². The summed E-state index contributed by atoms with van der Waals surface area (Å²) in [5.41, 5.74) is 0. The lowest BCUT2D eigenvalue weighted by Crippen LogP contribution is -2.18. The Morgan fingerprint density at radius 1 is 0.818 bits per heavy atom. The van der Waals surface area contributed by atoms with Gasteiger partial charge in [-0.15, -0.1) is 0 Å². The molecule has 0 aromatic heterocycles. The lowest BCUT2D eigenvalue weighted by atomic mass is 10.0. The molecule has 0 aliphatic heterocycles. The van der Waals surface area contributed by atoms with Gasteiger partial charge in [-0.2, -0.15) is 0 Å². The van der Waals surface area contributed by atoms with E-state index in [1.807, 2.05) is 0 Å². The molecule has 0 bridgehead atoms. The first-order chi connectivity index (χ1) is 10.6. The van der Waals surface area contributed by atoms with Crippen molar-refractivity contribution in [1.29, 1.82) is 0 Å². The molecule has 22 heavy (non-hydrogen) atoms. The molecule has 0 aromatic carbocycles. The van der Waals surface area contributed by atoms with Crippen molar-refractivity contribution in [2.24, 2.45) is 0 Å². The summed E-state index contributed by atoms with van der Waals surface area (Å²) in [6.45, 7) is 4.36. The SMILES string of the molecule is CCCCCCC(CCCCC)OC(=O)CCCCC(=O)O. The van der Waals surface area contributed by atoms with Gasteiger partial charge in [0, 0.05) is 12.8 Å². The Hall–Kier alpha value is -1.06. The molecule has 0 spiro atoms. The van der Waals surface area contributed by atoms with Gasteiger partial charge in [-0.3, -0.25) is 9.59 Å². The number of carbonyl (C=O) groups is 2. The Kier molecular flexibility index (Phi) is 14.1. The third kappa shape index (κ3) is 13.9. The number of esters is 1. The highest BCUT2D eigenvalue weighted by atomic mass is 16.5. The van der Waals surface area contributed by atoms with E-state index in [9.17, 15) is 9.59 Å². The zero-order valence-corrected chi connectivity index (χ0v) is 14.4. The number of aliphatic carboxylic acids is 1. The summed E-state index contributed by atoms with van der Waals surface area (Å²) in [6, 6.07) is 0. The second-order valence-corrected chi connectivity index (χ2v) is 6.06. The van der Waals surface area contributed by atoms with Gasteiger partial charge in [0.25, 0.3) is 0 Å². The molecule has 0 heterocycles. The molecule has 1 N–H and O–H groups in total. The predicted molar refractivity (Wildman–Crippen MR) is 88.9 cm³/mol. The van der Waals surface area contributed by atoms with Crippen LogP contribution in [0.2, 0.25) is 0 Å². The second-order valence-electron chi connectivity index (χ2n) is 6.06. The molecule has 0 fully saturated rings. The molecule has 0 amide bonds. The number of rotatable bonds is 15. The molecule has 0 aromatic rings. The molecule has 1 atom stereocenters. The summed E-state index contributed by atoms with van der Waals surface area (Å²) in [5, 5.41) is 8.57. The highest BCUT2D eigenvalue weighted by Crippen LogP contribution is 2.16. The van der Waals surface area contributed by atoms with E-state index in [4.69, 9.17) is 9.84 Å². The number of carbonyl (C=O) groups excluding carboxylic acids is 1. The Morgan fingerprint density at radius 3 is 1.95 bits per heavy atom. The summed E-state index contributed by atoms with van der Waals surface area (Å²) in [4.78, 5) is 22.3. The van der Waals surface area contributed by atoms with Crippen LogP contribution in [0, 0.1) is 0 Å². The van der Waals surface area contributed by atoms with Gasteiger partial charge in [0.15, 0.2) is 0 Å². The molecule has 0 aliphatic carbocycles. The van der Waals surface area contributed by atoms with Crippen molar-refractivity contribution in [1.82, 2.24) is 0 Å². The fraction of sp³-hybridized carbons (Fsp3) is 0.889. The van der Waals surface area contributed by atoms with Gasteiger partial charge in [-0.25, -0.2) is 0 Å². The second kappa shape index (κ2) is 14.9. The number of ether oxygens (including phenoxy) is 1. The van der Waals surface area contributed by atoms with Crippen LogP contribution < -0.4 is 0 Å². The lowest BCUT2D eigenvalue weighted by molar-refractivity contribution is -0.150. The molecule has 4 nitrogen and oxygen atoms in total. The highest BCUT2D eigenvalue weighted by molar-refractivity contribution is 5.70. The van der Waals surface area contributed by atoms with Crippen LogP contribution in [-0.2, 0) is 14.3 Å². The normalized spacial score (nSPS) is 12.1. The molecule has 0 radical (unpaired) electrons. The van der Waals surface area contributed by atoms with Gasteiger partial charge in [0.05, 0.1) is 0 Å². The van der Waals surface area contributed by atoms with E-state index in [1.54, 1.807) is 0 Å². The van der Waals surface area contributed by atoms with Gasteiger partial charge in [-0.1, -0.05) is 46.0 Å². The number of carboxylic acids is 1. The van der Waals surface area contributed by atoms with E-state index in [2.05, 4.69) is 13.8 Å². The van der Waals surface area contributed by atoms with Crippen LogP contribution in [0.1, 0.15) is 97.3 Å². The third-order valence-electron chi connectivity index (χ3n) is 3.83. The van der Waals surface area contributed by atoms with E-state index in [-0.39, 0.29) is 18.5 Å². The average Bonchev–Trinajstić information content (AvgIpc) is 2.48. The van der Waals surface area contributed by atoms with Crippen molar-refractivity contribution in [3.63, 3.8) is 0 Å². The summed E-state index contributed by atoms with van der Waals surface area (Å²) in [5.74, 6) is -0.968. The Bertz CT molecular complexity index is 289. The van der Waals surface area contributed by atoms with E-state index in [0.717, 1.165) is 25.7 Å². The average molecular weight is 314 g/mol. The van der Waals surface area contributed by atoms with Crippen molar-refractivity contribution in [2.45, 2.75) is 103 Å². The summed E-state index contributed by atoms with van der Waals surface area (Å²) >= 11 is 0. The minimum Gasteiger partial charge on any atom is -0.481 e. The third-order valence-corrected chi connectivity index (χ3v) is 3.83. The van der Waals surface area contributed by atoms with Gasteiger partial charge < -0.3 is 9.84 Å². The van der Waals surface area contributed by atoms with Crippen LogP contribution >= 0.6 is 0 Å². The maximum absolute atomic E-state index is 11.9. The largest absolute Gasteiger partial charge is 0.481 e. The quantitative estimate of drug-likeness (QED) is 0.337. The first-order valence-electron chi connectivity index (χ1n) is 9.01. The zero-order chi connectivity index (χ0) is 16.6. The zero-order valence-electron chi connectivity index (χ0n) is 14.4. The molecular formula is C18H34O4. The number of hydrogen-bond acceptors (Lipinski definition) is 3. The smallest absolute Gasteiger partial charge is 0.306 e. The van der Waals surface area contributed by atoms with Crippen molar-refractivity contribution in [2.75, 3.05) is 0 Å². The van der Waals surface area contributed by atoms with Gasteiger partial charge in [-0.05, 0) is 38.5 Å². The predicted octanol–water partition coefficient (Wildman–Crippen LogP) is 5.09. The van der Waals surface area contributed by atoms with E-state index in [1.165, 1.54) is 32.1 Å². The van der Waals surface area contributed by atoms with E-state index in [0.29, 0.717) is 19.3 Å². The molecule has 0 saturated heterocycles. The van der Waals surface area contributed by atoms with Crippen LogP contribution in [0.4, 0.5) is 0 Å². The molecule has 0 rings (SSSR count). The molecular weight excluding hydrogens is 280 g/mol. The van der Waals surface area contributed by atoms with E-state index < -0.39 is 5.97 Å². The first kappa shape index (κ1) is 20.9. The minimum atomic E-state index is -0.804. The number of hydrogen-bond donors (Lipinski definition) is 1. The summed E-state index contributed by atoms with van der Waals surface area (Å²) in [7, 11) is 0. The van der Waals surface area contributed by atoms with E-state index >= 15 is 0 Å². The Morgan fingerprint density at radius 2 is 1.36 bits per heavy atom. The van der Waals surface area contributed by atoms with Crippen molar-refractivity contribution in [3.8, 4) is 0 Å². The minimum absolute atomic E-state index is 0.0513. The summed E-state index contributed by atoms with van der Waals surface area (Å²) in [6.07, 6.45) is 11.8. The maximum Gasteiger partial charge on any atom is 0.306 e. The number of carboxylic acid groups (broad SMARTS) is 1. The van der Waals surface area contributed by atoms with Gasteiger partial charge in [0.1, 0.15) is 6.10 Å². The van der Waals surface area contributed by atoms with Crippen LogP contribution in [0.5, 0.6) is 0 Å². The van der Waals surface area contributed by atoms with Crippen molar-refractivity contribution < 1.29 is 19.4 Å². The Labute approximate surface area is 135 Å². The Balaban J connectivity index is 3.95. The maximum atomic E-state index is 11.9. The van der Waals surface area contributed by atoms with Crippen molar-refractivity contribution >= 4 is 11.9 Å². The standard InChI is InChI=1S/C18H34O4/c1-3-5-7-9-13-16(12-8-6-4-2)22-18(21)15-11-10-14-17(19)20/h16H,3-15H2,1-2H3,(H,19,20). The molecule has 130 valence electrons. The molecule has 1 unspecified atom stereocenters.